The molecule has 2 aromatic rings. The molecule has 2 N–H and O–H groups in total. The fourth-order valence-electron chi connectivity index (χ4n) is 2.93. The van der Waals surface area contributed by atoms with Crippen molar-refractivity contribution in [2.24, 2.45) is 11.7 Å². The highest BCUT2D eigenvalue weighted by atomic mass is 16.2. The van der Waals surface area contributed by atoms with Crippen molar-refractivity contribution in [2.75, 3.05) is 0 Å². The van der Waals surface area contributed by atoms with Gasteiger partial charge in [-0.05, 0) is 24.0 Å². The Morgan fingerprint density at radius 2 is 1.65 bits per heavy atom. The van der Waals surface area contributed by atoms with Gasteiger partial charge < -0.3 is 10.6 Å². The molecule has 3 heteroatoms. The maximum atomic E-state index is 13.0. The number of carbonyl (C=O) groups is 1. The van der Waals surface area contributed by atoms with Crippen LogP contribution in [0.15, 0.2) is 60.7 Å². The summed E-state index contributed by atoms with van der Waals surface area (Å²) >= 11 is 0. The van der Waals surface area contributed by atoms with E-state index < -0.39 is 0 Å². The molecule has 23 heavy (non-hydrogen) atoms. The molecule has 1 amide bonds. The first-order chi connectivity index (χ1) is 11.2. The Morgan fingerprint density at radius 3 is 2.22 bits per heavy atom. The molecule has 1 saturated carbocycles. The number of carbonyl (C=O) groups excluding carboxylic acids is 1. The van der Waals surface area contributed by atoms with E-state index in [-0.39, 0.29) is 17.9 Å². The molecule has 0 heterocycles. The molecule has 120 valence electrons. The van der Waals surface area contributed by atoms with E-state index in [4.69, 9.17) is 5.73 Å². The molecule has 0 bridgehead atoms. The number of hydrogen-bond acceptors (Lipinski definition) is 2. The van der Waals surface area contributed by atoms with Crippen LogP contribution in [0, 0.1) is 5.92 Å². The molecule has 1 aliphatic rings. The van der Waals surface area contributed by atoms with Gasteiger partial charge in [0.25, 0.3) is 0 Å². The van der Waals surface area contributed by atoms with Crippen LogP contribution >= 0.6 is 0 Å². The van der Waals surface area contributed by atoms with Gasteiger partial charge in [-0.3, -0.25) is 4.79 Å². The van der Waals surface area contributed by atoms with Crippen LogP contribution in [0.25, 0.3) is 0 Å². The van der Waals surface area contributed by atoms with Crippen molar-refractivity contribution in [1.29, 1.82) is 0 Å². The third-order valence-corrected chi connectivity index (χ3v) is 4.58. The highest BCUT2D eigenvalue weighted by molar-refractivity contribution is 5.80. The second-order valence-electron chi connectivity index (χ2n) is 6.41. The topological polar surface area (TPSA) is 46.3 Å². The summed E-state index contributed by atoms with van der Waals surface area (Å²) in [5, 5.41) is 0. The molecule has 2 unspecified atom stereocenters. The van der Waals surface area contributed by atoms with E-state index in [0.29, 0.717) is 12.6 Å². The van der Waals surface area contributed by atoms with Crippen LogP contribution in [0.5, 0.6) is 0 Å². The minimum absolute atomic E-state index is 0.160. The number of benzene rings is 2. The van der Waals surface area contributed by atoms with E-state index in [2.05, 4.69) is 12.1 Å². The lowest BCUT2D eigenvalue weighted by molar-refractivity contribution is -0.137. The monoisotopic (exact) mass is 308 g/mol. The largest absolute Gasteiger partial charge is 0.335 e. The first-order valence-corrected chi connectivity index (χ1v) is 8.31. The zero-order valence-corrected chi connectivity index (χ0v) is 13.6. The third kappa shape index (κ3) is 3.80. The van der Waals surface area contributed by atoms with Gasteiger partial charge in [-0.2, -0.15) is 0 Å². The van der Waals surface area contributed by atoms with Gasteiger partial charge in [-0.1, -0.05) is 67.6 Å². The zero-order chi connectivity index (χ0) is 16.2. The standard InChI is InChI=1S/C20H24N2O/c1-15(19(21)17-10-6-3-7-11-17)20(23)22(18-12-13-18)14-16-8-4-2-5-9-16/h2-11,15,18-19H,12-14,21H2,1H3. The van der Waals surface area contributed by atoms with E-state index in [1.54, 1.807) is 0 Å². The van der Waals surface area contributed by atoms with Crippen LogP contribution in [0.4, 0.5) is 0 Å². The maximum absolute atomic E-state index is 13.0. The average molecular weight is 308 g/mol. The van der Waals surface area contributed by atoms with Crippen molar-refractivity contribution in [3.05, 3.63) is 71.8 Å². The first kappa shape index (κ1) is 15.8. The summed E-state index contributed by atoms with van der Waals surface area (Å²) in [6, 6.07) is 20.2. The molecule has 1 fully saturated rings. The molecule has 3 rings (SSSR count). The number of nitrogens with zero attached hydrogens (tertiary/aromatic N) is 1. The van der Waals surface area contributed by atoms with E-state index in [1.807, 2.05) is 60.4 Å². The minimum Gasteiger partial charge on any atom is -0.335 e. The van der Waals surface area contributed by atoms with Crippen molar-refractivity contribution >= 4 is 5.91 Å². The molecular formula is C20H24N2O. The van der Waals surface area contributed by atoms with Gasteiger partial charge in [-0.15, -0.1) is 0 Å². The Bertz CT molecular complexity index is 637. The van der Waals surface area contributed by atoms with Crippen LogP contribution in [0.3, 0.4) is 0 Å². The Kier molecular flexibility index (Phi) is 4.77. The Labute approximate surface area is 138 Å². The SMILES string of the molecule is CC(C(=O)N(Cc1ccccc1)C1CC1)C(N)c1ccccc1. The summed E-state index contributed by atoms with van der Waals surface area (Å²) in [6.45, 7) is 2.62. The highest BCUT2D eigenvalue weighted by Crippen LogP contribution is 2.31. The van der Waals surface area contributed by atoms with E-state index in [9.17, 15) is 4.79 Å². The summed E-state index contributed by atoms with van der Waals surface area (Å²) < 4.78 is 0. The van der Waals surface area contributed by atoms with Gasteiger partial charge in [0.15, 0.2) is 0 Å². The lowest BCUT2D eigenvalue weighted by Gasteiger charge is -2.29. The van der Waals surface area contributed by atoms with Gasteiger partial charge in [0.1, 0.15) is 0 Å². The molecule has 0 radical (unpaired) electrons. The van der Waals surface area contributed by atoms with Gasteiger partial charge >= 0.3 is 0 Å². The normalized spacial score (nSPS) is 16.6. The molecule has 0 saturated heterocycles. The number of hydrogen-bond donors (Lipinski definition) is 1. The predicted octanol–water partition coefficient (Wildman–Crippen LogP) is 3.51. The first-order valence-electron chi connectivity index (χ1n) is 8.31. The van der Waals surface area contributed by atoms with Crippen LogP contribution in [0.1, 0.15) is 36.9 Å². The van der Waals surface area contributed by atoms with Crippen LogP contribution in [-0.2, 0) is 11.3 Å². The molecular weight excluding hydrogens is 284 g/mol. The highest BCUT2D eigenvalue weighted by Gasteiger charge is 2.36. The van der Waals surface area contributed by atoms with E-state index in [0.717, 1.165) is 18.4 Å². The number of nitrogens with two attached hydrogens (primary N) is 1. The summed E-state index contributed by atoms with van der Waals surface area (Å²) in [4.78, 5) is 15.0. The van der Waals surface area contributed by atoms with Crippen molar-refractivity contribution in [3.63, 3.8) is 0 Å². The zero-order valence-electron chi connectivity index (χ0n) is 13.6. The van der Waals surface area contributed by atoms with Crippen molar-refractivity contribution in [1.82, 2.24) is 4.90 Å². The Balaban J connectivity index is 1.73. The molecule has 1 aliphatic carbocycles. The molecule has 0 spiro atoms. The van der Waals surface area contributed by atoms with Gasteiger partial charge in [0.05, 0.1) is 5.92 Å². The summed E-state index contributed by atoms with van der Waals surface area (Å²) in [7, 11) is 0. The van der Waals surface area contributed by atoms with Crippen molar-refractivity contribution < 1.29 is 4.79 Å². The summed E-state index contributed by atoms with van der Waals surface area (Å²) in [5.41, 5.74) is 8.54. The second kappa shape index (κ2) is 6.97. The Hall–Kier alpha value is -2.13. The minimum atomic E-state index is -0.263. The van der Waals surface area contributed by atoms with E-state index >= 15 is 0 Å². The van der Waals surface area contributed by atoms with Crippen LogP contribution in [0.2, 0.25) is 0 Å². The second-order valence-corrected chi connectivity index (χ2v) is 6.41. The molecule has 0 aliphatic heterocycles. The number of rotatable bonds is 6. The summed E-state index contributed by atoms with van der Waals surface area (Å²) in [6.07, 6.45) is 2.21. The van der Waals surface area contributed by atoms with Gasteiger partial charge in [0, 0.05) is 18.6 Å². The van der Waals surface area contributed by atoms with Crippen LogP contribution < -0.4 is 5.73 Å². The average Bonchev–Trinajstić information content (AvgIpc) is 3.44. The predicted molar refractivity (Wildman–Crippen MR) is 92.5 cm³/mol. The third-order valence-electron chi connectivity index (χ3n) is 4.58. The lowest BCUT2D eigenvalue weighted by atomic mass is 9.94. The van der Waals surface area contributed by atoms with Crippen molar-refractivity contribution in [2.45, 2.75) is 38.4 Å². The fraction of sp³-hybridized carbons (Fsp3) is 0.350. The molecule has 2 aromatic carbocycles. The van der Waals surface area contributed by atoms with E-state index in [1.165, 1.54) is 5.56 Å². The summed E-state index contributed by atoms with van der Waals surface area (Å²) in [5.74, 6) is -0.0607. The van der Waals surface area contributed by atoms with Crippen molar-refractivity contribution in [3.8, 4) is 0 Å². The molecule has 0 aromatic heterocycles. The maximum Gasteiger partial charge on any atom is 0.227 e. The molecule has 3 nitrogen and oxygen atoms in total. The smallest absolute Gasteiger partial charge is 0.227 e. The Morgan fingerprint density at radius 1 is 1.09 bits per heavy atom. The van der Waals surface area contributed by atoms with Gasteiger partial charge in [0.2, 0.25) is 5.91 Å². The number of amides is 1. The van der Waals surface area contributed by atoms with Gasteiger partial charge in [-0.25, -0.2) is 0 Å². The fourth-order valence-corrected chi connectivity index (χ4v) is 2.93. The van der Waals surface area contributed by atoms with Crippen LogP contribution in [-0.4, -0.2) is 16.8 Å². The quantitative estimate of drug-likeness (QED) is 0.887. The lowest BCUT2D eigenvalue weighted by Crippen LogP contribution is -2.40. The molecule has 2 atom stereocenters.